The fourth-order valence-corrected chi connectivity index (χ4v) is 4.12. The average molecular weight is 499 g/mol. The van der Waals surface area contributed by atoms with E-state index in [1.165, 1.54) is 26.1 Å². The molecule has 0 unspecified atom stereocenters. The quantitative estimate of drug-likeness (QED) is 0.368. The molecule has 0 aliphatic rings. The Bertz CT molecular complexity index is 1270. The Balaban J connectivity index is 1.96. The van der Waals surface area contributed by atoms with Crippen molar-refractivity contribution in [2.45, 2.75) is 6.18 Å². The highest BCUT2D eigenvalue weighted by Gasteiger charge is 2.42. The summed E-state index contributed by atoms with van der Waals surface area (Å²) in [5, 5.41) is 8.76. The van der Waals surface area contributed by atoms with Crippen LogP contribution in [0.25, 0.3) is 22.2 Å². The largest absolute Gasteiger partial charge is 0.493 e. The van der Waals surface area contributed by atoms with Crippen LogP contribution in [0.15, 0.2) is 42.5 Å². The molecule has 0 atom stereocenters. The van der Waals surface area contributed by atoms with Crippen LogP contribution in [-0.4, -0.2) is 41.3 Å². The lowest BCUT2D eigenvalue weighted by Crippen LogP contribution is -2.43. The Morgan fingerprint density at radius 2 is 1.64 bits per heavy atom. The second kappa shape index (κ2) is 8.87. The molecule has 2 aromatic heterocycles. The van der Waals surface area contributed by atoms with Crippen LogP contribution in [-0.2, 0) is 6.18 Å². The second-order valence-electron chi connectivity index (χ2n) is 6.47. The summed E-state index contributed by atoms with van der Waals surface area (Å²) >= 11 is 6.47. The van der Waals surface area contributed by atoms with Crippen molar-refractivity contribution in [1.82, 2.24) is 20.0 Å². The number of nitrogens with zero attached hydrogens (tertiary/aromatic N) is 5. The van der Waals surface area contributed by atoms with E-state index in [2.05, 4.69) is 15.2 Å². The van der Waals surface area contributed by atoms with Gasteiger partial charge in [0.1, 0.15) is 10.0 Å². The monoisotopic (exact) mass is 498 g/mol. The lowest BCUT2D eigenvalue weighted by atomic mass is 10.2. The van der Waals surface area contributed by atoms with E-state index in [1.54, 1.807) is 36.4 Å². The van der Waals surface area contributed by atoms with Gasteiger partial charge in [0.25, 0.3) is 5.82 Å². The molecule has 172 valence electrons. The molecular formula is C20H16ClF3N5O3S+. The van der Waals surface area contributed by atoms with E-state index < -0.39 is 16.2 Å². The smallest absolute Gasteiger partial charge is 0.451 e. The Morgan fingerprint density at radius 1 is 1.00 bits per heavy atom. The first kappa shape index (κ1) is 22.8. The Morgan fingerprint density at radius 3 is 2.15 bits per heavy atom. The Kier molecular flexibility index (Phi) is 6.13. The minimum Gasteiger partial charge on any atom is -0.493 e. The predicted octanol–water partition coefficient (Wildman–Crippen LogP) is 4.37. The molecule has 0 spiro atoms. The van der Waals surface area contributed by atoms with Gasteiger partial charge in [0.2, 0.25) is 11.4 Å². The minimum atomic E-state index is -4.72. The molecule has 0 aliphatic heterocycles. The maximum atomic E-state index is 13.3. The van der Waals surface area contributed by atoms with Crippen LogP contribution >= 0.6 is 22.9 Å². The summed E-state index contributed by atoms with van der Waals surface area (Å²) in [6, 6.07) is 12.1. The van der Waals surface area contributed by atoms with Gasteiger partial charge < -0.3 is 14.2 Å². The molecule has 33 heavy (non-hydrogen) atoms. The van der Waals surface area contributed by atoms with Crippen molar-refractivity contribution in [3.05, 3.63) is 52.5 Å². The van der Waals surface area contributed by atoms with Gasteiger partial charge in [0.05, 0.1) is 21.3 Å². The summed E-state index contributed by atoms with van der Waals surface area (Å²) in [4.78, 5) is 6.09. The van der Waals surface area contributed by atoms with Crippen molar-refractivity contribution in [1.29, 1.82) is 0 Å². The van der Waals surface area contributed by atoms with Crippen LogP contribution in [0.4, 0.5) is 13.2 Å². The third-order valence-electron chi connectivity index (χ3n) is 4.48. The SMILES string of the molecule is COc1cc(-n2nc(-c3ccccc3)n[n+]2-c2nc(C(F)(F)F)c(Cl)s2)cc(OC)c1OC. The maximum Gasteiger partial charge on any atom is 0.451 e. The highest BCUT2D eigenvalue weighted by molar-refractivity contribution is 7.17. The molecule has 0 saturated carbocycles. The van der Waals surface area contributed by atoms with Gasteiger partial charge in [-0.15, -0.1) is 0 Å². The van der Waals surface area contributed by atoms with Gasteiger partial charge >= 0.3 is 11.3 Å². The number of benzene rings is 2. The Hall–Kier alpha value is -3.38. The van der Waals surface area contributed by atoms with Crippen LogP contribution < -0.4 is 19.0 Å². The van der Waals surface area contributed by atoms with Crippen LogP contribution in [0.3, 0.4) is 0 Å². The number of tetrazole rings is 1. The molecule has 2 heterocycles. The molecule has 4 rings (SSSR count). The van der Waals surface area contributed by atoms with Gasteiger partial charge in [0.15, 0.2) is 11.5 Å². The van der Waals surface area contributed by atoms with Gasteiger partial charge in [0, 0.05) is 22.8 Å². The van der Waals surface area contributed by atoms with E-state index >= 15 is 0 Å². The zero-order chi connectivity index (χ0) is 23.8. The second-order valence-corrected chi connectivity index (χ2v) is 8.05. The number of alkyl halides is 3. The average Bonchev–Trinajstić information content (AvgIpc) is 3.42. The molecule has 0 aliphatic carbocycles. The van der Waals surface area contributed by atoms with Gasteiger partial charge in [-0.25, -0.2) is 0 Å². The van der Waals surface area contributed by atoms with Crippen molar-refractivity contribution in [2.75, 3.05) is 21.3 Å². The zero-order valence-corrected chi connectivity index (χ0v) is 19.0. The lowest BCUT2D eigenvalue weighted by Gasteiger charge is -2.13. The molecule has 8 nitrogen and oxygen atoms in total. The van der Waals surface area contributed by atoms with E-state index in [0.29, 0.717) is 39.8 Å². The topological polar surface area (TPSA) is 75.2 Å². The standard InChI is InChI=1S/C20H16ClF3N5O3S/c1-30-13-9-12(10-14(31-2)15(13)32-3)28-26-18(11-7-5-4-6-8-11)27-29(28)19-25-16(17(21)33-19)20(22,23)24/h4-10H,1-3H3/q+1. The van der Waals surface area contributed by atoms with E-state index in [0.717, 1.165) is 4.80 Å². The highest BCUT2D eigenvalue weighted by atomic mass is 35.5. The Labute approximate surface area is 194 Å². The normalized spacial score (nSPS) is 11.5. The molecule has 4 aromatic rings. The van der Waals surface area contributed by atoms with E-state index in [-0.39, 0.29) is 11.0 Å². The zero-order valence-electron chi connectivity index (χ0n) is 17.4. The lowest BCUT2D eigenvalue weighted by molar-refractivity contribution is -0.734. The number of thiazole rings is 1. The highest BCUT2D eigenvalue weighted by Crippen LogP contribution is 2.40. The molecule has 0 N–H and O–H groups in total. The van der Waals surface area contributed by atoms with E-state index in [1.807, 2.05) is 6.07 Å². The third-order valence-corrected chi connectivity index (χ3v) is 5.71. The number of aromatic nitrogens is 5. The molecule has 0 amide bonds. The van der Waals surface area contributed by atoms with Crippen LogP contribution in [0.1, 0.15) is 5.69 Å². The van der Waals surface area contributed by atoms with Crippen molar-refractivity contribution in [3.63, 3.8) is 0 Å². The summed E-state index contributed by atoms with van der Waals surface area (Å²) in [5.41, 5.74) is -0.174. The fraction of sp³-hybridized carbons (Fsp3) is 0.200. The minimum absolute atomic E-state index is 0.129. The van der Waals surface area contributed by atoms with Crippen molar-refractivity contribution < 1.29 is 32.2 Å². The van der Waals surface area contributed by atoms with Crippen molar-refractivity contribution in [3.8, 4) is 39.5 Å². The van der Waals surface area contributed by atoms with Gasteiger partial charge in [-0.1, -0.05) is 34.8 Å². The number of methoxy groups -OCH3 is 3. The molecule has 2 aromatic carbocycles. The summed E-state index contributed by atoms with van der Waals surface area (Å²) in [6.45, 7) is 0. The van der Waals surface area contributed by atoms with Gasteiger partial charge in [-0.05, 0) is 38.2 Å². The molecule has 0 saturated heterocycles. The van der Waals surface area contributed by atoms with Crippen LogP contribution in [0, 0.1) is 0 Å². The van der Waals surface area contributed by atoms with Crippen molar-refractivity contribution in [2.24, 2.45) is 0 Å². The van der Waals surface area contributed by atoms with Crippen molar-refractivity contribution >= 4 is 22.9 Å². The summed E-state index contributed by atoms with van der Waals surface area (Å²) in [5.74, 6) is 1.24. The fourth-order valence-electron chi connectivity index (χ4n) is 3.01. The summed E-state index contributed by atoms with van der Waals surface area (Å²) < 4.78 is 55.5. The first-order valence-electron chi connectivity index (χ1n) is 9.26. The molecule has 13 heteroatoms. The summed E-state index contributed by atoms with van der Waals surface area (Å²) in [7, 11) is 4.35. The predicted molar refractivity (Wildman–Crippen MR) is 114 cm³/mol. The van der Waals surface area contributed by atoms with E-state index in [9.17, 15) is 13.2 Å². The number of hydrogen-bond acceptors (Lipinski definition) is 7. The maximum absolute atomic E-state index is 13.3. The van der Waals surface area contributed by atoms with Gasteiger partial charge in [-0.2, -0.15) is 13.2 Å². The number of rotatable bonds is 6. The molecule has 0 radical (unpaired) electrons. The number of halogens is 4. The van der Waals surface area contributed by atoms with Crippen LogP contribution in [0.2, 0.25) is 4.34 Å². The summed E-state index contributed by atoms with van der Waals surface area (Å²) in [6.07, 6.45) is -4.72. The first-order chi connectivity index (χ1) is 15.8. The van der Waals surface area contributed by atoms with Gasteiger partial charge in [-0.3, -0.25) is 0 Å². The number of ether oxygens (including phenoxy) is 3. The van der Waals surface area contributed by atoms with E-state index in [4.69, 9.17) is 25.8 Å². The first-order valence-corrected chi connectivity index (χ1v) is 10.5. The number of hydrogen-bond donors (Lipinski definition) is 0. The molecule has 0 fully saturated rings. The molecular weight excluding hydrogens is 483 g/mol. The molecule has 0 bridgehead atoms. The van der Waals surface area contributed by atoms with Crippen LogP contribution in [0.5, 0.6) is 17.2 Å². The third kappa shape index (κ3) is 4.31.